The normalized spacial score (nSPS) is 22.1. The maximum absolute atomic E-state index is 14.4. The monoisotopic (exact) mass is 389 g/mol. The minimum absolute atomic E-state index is 0.0216. The zero-order valence-corrected chi connectivity index (χ0v) is 15.4. The number of urea groups is 2. The number of hydrogen-bond acceptors (Lipinski definition) is 4. The van der Waals surface area contributed by atoms with Crippen molar-refractivity contribution in [3.05, 3.63) is 29.6 Å². The molecule has 0 bridgehead atoms. The highest BCUT2D eigenvalue weighted by Crippen LogP contribution is 2.25. The zero-order valence-electron chi connectivity index (χ0n) is 15.4. The van der Waals surface area contributed by atoms with E-state index in [-0.39, 0.29) is 49.7 Å². The van der Waals surface area contributed by atoms with E-state index in [2.05, 4.69) is 5.32 Å². The standard InChI is InChI=1S/C18H20FN5O4/c1-2-22-16(26)14-10-21(7-8-24(14)18(22)28)15(25)12-9-11(3-4-13(12)19)23-6-5-20-17(23)27/h3-4,9,14H,2,5-8,10H2,1H3,(H,20,27). The largest absolute Gasteiger partial charge is 0.336 e. The molecule has 1 aromatic rings. The number of benzene rings is 1. The van der Waals surface area contributed by atoms with Gasteiger partial charge in [-0.2, -0.15) is 0 Å². The average Bonchev–Trinajstić information content (AvgIpc) is 3.23. The lowest BCUT2D eigenvalue weighted by atomic mass is 10.1. The van der Waals surface area contributed by atoms with Crippen LogP contribution in [-0.4, -0.2) is 83.9 Å². The molecule has 0 saturated carbocycles. The molecule has 0 radical (unpaired) electrons. The molecule has 0 aliphatic carbocycles. The fourth-order valence-corrected chi connectivity index (χ4v) is 3.86. The molecule has 1 atom stereocenters. The van der Waals surface area contributed by atoms with Gasteiger partial charge in [0.15, 0.2) is 0 Å². The van der Waals surface area contributed by atoms with Crippen LogP contribution in [0.15, 0.2) is 18.2 Å². The summed E-state index contributed by atoms with van der Waals surface area (Å²) in [6.45, 7) is 3.34. The van der Waals surface area contributed by atoms with Crippen molar-refractivity contribution in [2.45, 2.75) is 13.0 Å². The molecule has 3 saturated heterocycles. The van der Waals surface area contributed by atoms with Crippen LogP contribution in [0.5, 0.6) is 0 Å². The van der Waals surface area contributed by atoms with E-state index in [0.29, 0.717) is 18.8 Å². The Labute approximate surface area is 160 Å². The zero-order chi connectivity index (χ0) is 20.0. The van der Waals surface area contributed by atoms with Gasteiger partial charge in [-0.1, -0.05) is 0 Å². The molecule has 0 spiro atoms. The predicted octanol–water partition coefficient (Wildman–Crippen LogP) is 0.464. The Morgan fingerprint density at radius 3 is 2.68 bits per heavy atom. The number of carbonyl (C=O) groups excluding carboxylic acids is 4. The summed E-state index contributed by atoms with van der Waals surface area (Å²) in [5.41, 5.74) is 0.275. The molecule has 6 amide bonds. The molecule has 3 heterocycles. The predicted molar refractivity (Wildman–Crippen MR) is 96.3 cm³/mol. The number of anilines is 1. The van der Waals surface area contributed by atoms with Crippen molar-refractivity contribution in [2.75, 3.05) is 44.2 Å². The Morgan fingerprint density at radius 2 is 2.00 bits per heavy atom. The highest BCUT2D eigenvalue weighted by molar-refractivity contribution is 6.05. The number of imide groups is 1. The smallest absolute Gasteiger partial charge is 0.327 e. The van der Waals surface area contributed by atoms with Gasteiger partial charge in [0.25, 0.3) is 11.8 Å². The second-order valence-corrected chi connectivity index (χ2v) is 6.87. The molecule has 148 valence electrons. The van der Waals surface area contributed by atoms with Gasteiger partial charge < -0.3 is 15.1 Å². The number of likely N-dealkylation sites (N-methyl/N-ethyl adjacent to an activating group) is 1. The van der Waals surface area contributed by atoms with Crippen LogP contribution in [-0.2, 0) is 4.79 Å². The first-order valence-electron chi connectivity index (χ1n) is 9.18. The van der Waals surface area contributed by atoms with E-state index < -0.39 is 17.8 Å². The molecule has 3 aliphatic rings. The minimum atomic E-state index is -0.735. The summed E-state index contributed by atoms with van der Waals surface area (Å²) >= 11 is 0. The second-order valence-electron chi connectivity index (χ2n) is 6.87. The maximum Gasteiger partial charge on any atom is 0.327 e. The van der Waals surface area contributed by atoms with E-state index in [9.17, 15) is 23.6 Å². The van der Waals surface area contributed by atoms with Crippen LogP contribution in [0.1, 0.15) is 17.3 Å². The summed E-state index contributed by atoms with van der Waals surface area (Å²) in [5, 5.41) is 2.66. The highest BCUT2D eigenvalue weighted by atomic mass is 19.1. The number of fused-ring (bicyclic) bond motifs is 1. The lowest BCUT2D eigenvalue weighted by Crippen LogP contribution is -2.54. The Hall–Kier alpha value is -3.17. The Kier molecular flexibility index (Phi) is 4.40. The van der Waals surface area contributed by atoms with Gasteiger partial charge in [-0.3, -0.25) is 19.4 Å². The fraction of sp³-hybridized carbons (Fsp3) is 0.444. The third kappa shape index (κ3) is 2.76. The molecule has 0 aromatic heterocycles. The molecule has 1 N–H and O–H groups in total. The van der Waals surface area contributed by atoms with Crippen molar-refractivity contribution < 1.29 is 23.6 Å². The van der Waals surface area contributed by atoms with Crippen LogP contribution in [0, 0.1) is 5.82 Å². The van der Waals surface area contributed by atoms with Gasteiger partial charge >= 0.3 is 12.1 Å². The molecule has 10 heteroatoms. The van der Waals surface area contributed by atoms with E-state index in [0.717, 1.165) is 11.0 Å². The van der Waals surface area contributed by atoms with Crippen molar-refractivity contribution in [1.29, 1.82) is 0 Å². The van der Waals surface area contributed by atoms with Crippen molar-refractivity contribution in [3.63, 3.8) is 0 Å². The van der Waals surface area contributed by atoms with Crippen LogP contribution in [0.2, 0.25) is 0 Å². The second kappa shape index (κ2) is 6.77. The van der Waals surface area contributed by atoms with Crippen LogP contribution < -0.4 is 10.2 Å². The number of carbonyl (C=O) groups is 4. The molecule has 3 aliphatic heterocycles. The molecular weight excluding hydrogens is 369 g/mol. The van der Waals surface area contributed by atoms with Crippen molar-refractivity contribution in [2.24, 2.45) is 0 Å². The van der Waals surface area contributed by atoms with Crippen molar-refractivity contribution in [3.8, 4) is 0 Å². The molecule has 1 aromatic carbocycles. The summed E-state index contributed by atoms with van der Waals surface area (Å²) in [6.07, 6.45) is 0. The van der Waals surface area contributed by atoms with E-state index in [1.807, 2.05) is 0 Å². The Balaban J connectivity index is 1.56. The fourth-order valence-electron chi connectivity index (χ4n) is 3.86. The summed E-state index contributed by atoms with van der Waals surface area (Å²) in [4.78, 5) is 54.9. The minimum Gasteiger partial charge on any atom is -0.336 e. The molecule has 28 heavy (non-hydrogen) atoms. The van der Waals surface area contributed by atoms with E-state index in [1.165, 1.54) is 26.8 Å². The third-order valence-electron chi connectivity index (χ3n) is 5.36. The number of amides is 6. The number of piperazine rings is 1. The molecule has 1 unspecified atom stereocenters. The molecule has 9 nitrogen and oxygen atoms in total. The van der Waals surface area contributed by atoms with Gasteiger partial charge in [0.1, 0.15) is 11.9 Å². The van der Waals surface area contributed by atoms with Gasteiger partial charge in [-0.05, 0) is 25.1 Å². The molecular formula is C18H20FN5O4. The highest BCUT2D eigenvalue weighted by Gasteiger charge is 2.47. The Morgan fingerprint density at radius 1 is 1.21 bits per heavy atom. The lowest BCUT2D eigenvalue weighted by Gasteiger charge is -2.35. The van der Waals surface area contributed by atoms with E-state index in [1.54, 1.807) is 6.92 Å². The first-order valence-corrected chi connectivity index (χ1v) is 9.18. The van der Waals surface area contributed by atoms with Gasteiger partial charge in [-0.15, -0.1) is 0 Å². The van der Waals surface area contributed by atoms with E-state index >= 15 is 0 Å². The summed E-state index contributed by atoms with van der Waals surface area (Å²) in [5.74, 6) is -1.60. The van der Waals surface area contributed by atoms with Crippen LogP contribution in [0.4, 0.5) is 19.7 Å². The lowest BCUT2D eigenvalue weighted by molar-refractivity contribution is -0.129. The molecule has 4 rings (SSSR count). The van der Waals surface area contributed by atoms with Gasteiger partial charge in [0, 0.05) is 38.4 Å². The Bertz CT molecular complexity index is 876. The summed E-state index contributed by atoms with van der Waals surface area (Å²) < 4.78 is 14.4. The number of nitrogens with zero attached hydrogens (tertiary/aromatic N) is 4. The van der Waals surface area contributed by atoms with Crippen molar-refractivity contribution in [1.82, 2.24) is 20.0 Å². The van der Waals surface area contributed by atoms with E-state index in [4.69, 9.17) is 0 Å². The van der Waals surface area contributed by atoms with Crippen molar-refractivity contribution >= 4 is 29.6 Å². The SMILES string of the molecule is CCN1C(=O)C2CN(C(=O)c3cc(N4CCNC4=O)ccc3F)CCN2C1=O. The van der Waals surface area contributed by atoms with Crippen LogP contribution >= 0.6 is 0 Å². The molecule has 3 fully saturated rings. The van der Waals surface area contributed by atoms with Gasteiger partial charge in [-0.25, -0.2) is 14.0 Å². The summed E-state index contributed by atoms with van der Waals surface area (Å²) in [6, 6.07) is 2.59. The number of halogens is 1. The maximum atomic E-state index is 14.4. The van der Waals surface area contributed by atoms with Gasteiger partial charge in [0.05, 0.1) is 12.1 Å². The number of nitrogens with one attached hydrogen (secondary N) is 1. The number of rotatable bonds is 3. The van der Waals surface area contributed by atoms with Crippen LogP contribution in [0.25, 0.3) is 0 Å². The quantitative estimate of drug-likeness (QED) is 0.761. The first-order chi connectivity index (χ1) is 13.4. The summed E-state index contributed by atoms with van der Waals surface area (Å²) in [7, 11) is 0. The van der Waals surface area contributed by atoms with Crippen LogP contribution in [0.3, 0.4) is 0 Å². The first kappa shape index (κ1) is 18.2. The average molecular weight is 389 g/mol. The number of hydrogen-bond donors (Lipinski definition) is 1. The topological polar surface area (TPSA) is 93.3 Å². The third-order valence-corrected chi connectivity index (χ3v) is 5.36. The van der Waals surface area contributed by atoms with Gasteiger partial charge in [0.2, 0.25) is 0 Å².